The van der Waals surface area contributed by atoms with Crippen LogP contribution in [0.15, 0.2) is 5.16 Å². The van der Waals surface area contributed by atoms with Crippen LogP contribution in [0.1, 0.15) is 47.0 Å². The first-order chi connectivity index (χ1) is 7.77. The van der Waals surface area contributed by atoms with Crippen LogP contribution >= 0.6 is 0 Å². The quantitative estimate of drug-likeness (QED) is 0.343. The third-order valence-electron chi connectivity index (χ3n) is 4.06. The Hall–Kier alpha value is -0.770. The maximum Gasteiger partial charge on any atom is 0.144 e. The van der Waals surface area contributed by atoms with Crippen molar-refractivity contribution in [1.82, 2.24) is 4.90 Å². The van der Waals surface area contributed by atoms with Crippen molar-refractivity contribution in [2.24, 2.45) is 21.7 Å². The molecule has 1 aliphatic rings. The number of nitrogens with zero attached hydrogens (tertiary/aromatic N) is 2. The third-order valence-corrected chi connectivity index (χ3v) is 4.06. The molecular weight excluding hydrogens is 214 g/mol. The van der Waals surface area contributed by atoms with Crippen molar-refractivity contribution in [2.75, 3.05) is 19.6 Å². The summed E-state index contributed by atoms with van der Waals surface area (Å²) in [5.74, 6) is 0.329. The summed E-state index contributed by atoms with van der Waals surface area (Å²) in [7, 11) is 0. The summed E-state index contributed by atoms with van der Waals surface area (Å²) in [6, 6.07) is 0. The molecular formula is C13H27N3O. The zero-order valence-corrected chi connectivity index (χ0v) is 11.7. The standard InChI is InChI=1S/C13H27N3O/c1-12(2)5-8-16(9-6-12)10-7-13(3,4)11(14)15-17/h17H,5-10H2,1-4H3,(H2,14,15). The molecule has 0 atom stereocenters. The lowest BCUT2D eigenvalue weighted by Gasteiger charge is -2.38. The van der Waals surface area contributed by atoms with Gasteiger partial charge in [-0.25, -0.2) is 0 Å². The van der Waals surface area contributed by atoms with Crippen molar-refractivity contribution in [3.05, 3.63) is 0 Å². The van der Waals surface area contributed by atoms with Crippen molar-refractivity contribution in [3.63, 3.8) is 0 Å². The summed E-state index contributed by atoms with van der Waals surface area (Å²) in [5, 5.41) is 11.8. The molecule has 0 unspecified atom stereocenters. The molecule has 3 N–H and O–H groups in total. The summed E-state index contributed by atoms with van der Waals surface area (Å²) in [4.78, 5) is 2.48. The number of likely N-dealkylation sites (tertiary alicyclic amines) is 1. The van der Waals surface area contributed by atoms with Crippen LogP contribution in [0.2, 0.25) is 0 Å². The maximum atomic E-state index is 8.73. The molecule has 0 saturated carbocycles. The van der Waals surface area contributed by atoms with Gasteiger partial charge in [0, 0.05) is 5.41 Å². The number of hydrogen-bond acceptors (Lipinski definition) is 3. The van der Waals surface area contributed by atoms with Crippen LogP contribution in [0, 0.1) is 10.8 Å². The molecule has 4 heteroatoms. The van der Waals surface area contributed by atoms with Crippen LogP contribution in [-0.4, -0.2) is 35.6 Å². The van der Waals surface area contributed by atoms with Crippen molar-refractivity contribution in [3.8, 4) is 0 Å². The van der Waals surface area contributed by atoms with Gasteiger partial charge in [0.1, 0.15) is 5.84 Å². The largest absolute Gasteiger partial charge is 0.409 e. The van der Waals surface area contributed by atoms with Gasteiger partial charge in [-0.05, 0) is 44.3 Å². The Morgan fingerprint density at radius 3 is 2.35 bits per heavy atom. The molecule has 1 saturated heterocycles. The van der Waals surface area contributed by atoms with E-state index in [1.54, 1.807) is 0 Å². The van der Waals surface area contributed by atoms with E-state index in [-0.39, 0.29) is 5.41 Å². The van der Waals surface area contributed by atoms with E-state index in [4.69, 9.17) is 10.9 Å². The van der Waals surface area contributed by atoms with E-state index in [0.717, 1.165) is 13.0 Å². The topological polar surface area (TPSA) is 61.8 Å². The van der Waals surface area contributed by atoms with Gasteiger partial charge in [-0.15, -0.1) is 0 Å². The highest BCUT2D eigenvalue weighted by molar-refractivity contribution is 5.85. The van der Waals surface area contributed by atoms with E-state index in [9.17, 15) is 0 Å². The fourth-order valence-electron chi connectivity index (χ4n) is 2.08. The SMILES string of the molecule is CC1(C)CCN(CCC(C)(C)C(N)=NO)CC1. The van der Waals surface area contributed by atoms with E-state index in [1.807, 2.05) is 13.8 Å². The van der Waals surface area contributed by atoms with E-state index in [2.05, 4.69) is 23.9 Å². The maximum absolute atomic E-state index is 8.73. The molecule has 0 amide bonds. The lowest BCUT2D eigenvalue weighted by Crippen LogP contribution is -2.41. The predicted octanol–water partition coefficient (Wildman–Crippen LogP) is 2.27. The van der Waals surface area contributed by atoms with Crippen LogP contribution < -0.4 is 5.73 Å². The molecule has 100 valence electrons. The number of rotatable bonds is 4. The molecule has 0 aromatic rings. The Balaban J connectivity index is 2.38. The van der Waals surface area contributed by atoms with Crippen molar-refractivity contribution < 1.29 is 5.21 Å². The van der Waals surface area contributed by atoms with Crippen LogP contribution in [0.25, 0.3) is 0 Å². The lowest BCUT2D eigenvalue weighted by atomic mass is 9.82. The second kappa shape index (κ2) is 5.25. The number of amidine groups is 1. The first kappa shape index (κ1) is 14.3. The third kappa shape index (κ3) is 4.19. The smallest absolute Gasteiger partial charge is 0.144 e. The molecule has 0 aromatic carbocycles. The molecule has 17 heavy (non-hydrogen) atoms. The average Bonchev–Trinajstić information content (AvgIpc) is 2.26. The molecule has 0 bridgehead atoms. The molecule has 4 nitrogen and oxygen atoms in total. The van der Waals surface area contributed by atoms with E-state index >= 15 is 0 Å². The van der Waals surface area contributed by atoms with Crippen molar-refractivity contribution in [2.45, 2.75) is 47.0 Å². The summed E-state index contributed by atoms with van der Waals surface area (Å²) < 4.78 is 0. The number of nitrogens with two attached hydrogens (primary N) is 1. The van der Waals surface area contributed by atoms with Crippen LogP contribution in [0.3, 0.4) is 0 Å². The van der Waals surface area contributed by atoms with E-state index < -0.39 is 0 Å². The predicted molar refractivity (Wildman–Crippen MR) is 71.3 cm³/mol. The van der Waals surface area contributed by atoms with Gasteiger partial charge in [-0.2, -0.15) is 0 Å². The second-order valence-corrected chi connectivity index (χ2v) is 6.62. The Labute approximate surface area is 105 Å². The fourth-order valence-corrected chi connectivity index (χ4v) is 2.08. The highest BCUT2D eigenvalue weighted by atomic mass is 16.4. The molecule has 1 rings (SSSR count). The summed E-state index contributed by atoms with van der Waals surface area (Å²) in [6.45, 7) is 12.1. The Kier molecular flexibility index (Phi) is 4.42. The molecule has 0 aromatic heterocycles. The molecule has 1 aliphatic heterocycles. The number of hydrogen-bond donors (Lipinski definition) is 2. The first-order valence-electron chi connectivity index (χ1n) is 6.47. The minimum atomic E-state index is -0.221. The summed E-state index contributed by atoms with van der Waals surface area (Å²) >= 11 is 0. The Morgan fingerprint density at radius 1 is 1.35 bits per heavy atom. The normalized spacial score (nSPS) is 22.7. The van der Waals surface area contributed by atoms with Gasteiger partial charge in [0.25, 0.3) is 0 Å². The summed E-state index contributed by atoms with van der Waals surface area (Å²) in [6.07, 6.45) is 3.46. The van der Waals surface area contributed by atoms with E-state index in [1.165, 1.54) is 25.9 Å². The minimum absolute atomic E-state index is 0.221. The Morgan fingerprint density at radius 2 is 1.88 bits per heavy atom. The minimum Gasteiger partial charge on any atom is -0.409 e. The van der Waals surface area contributed by atoms with Gasteiger partial charge in [-0.1, -0.05) is 32.9 Å². The monoisotopic (exact) mass is 241 g/mol. The van der Waals surface area contributed by atoms with Gasteiger partial charge >= 0.3 is 0 Å². The van der Waals surface area contributed by atoms with Gasteiger partial charge in [-0.3, -0.25) is 0 Å². The number of oxime groups is 1. The van der Waals surface area contributed by atoms with Gasteiger partial charge in [0.2, 0.25) is 0 Å². The van der Waals surface area contributed by atoms with Crippen molar-refractivity contribution in [1.29, 1.82) is 0 Å². The molecule has 1 heterocycles. The fraction of sp³-hybridized carbons (Fsp3) is 0.923. The van der Waals surface area contributed by atoms with Gasteiger partial charge in [0.15, 0.2) is 0 Å². The van der Waals surface area contributed by atoms with Gasteiger partial charge < -0.3 is 15.8 Å². The highest BCUT2D eigenvalue weighted by Gasteiger charge is 2.28. The molecule has 0 aliphatic carbocycles. The Bertz CT molecular complexity index is 274. The van der Waals surface area contributed by atoms with Crippen LogP contribution in [0.4, 0.5) is 0 Å². The summed E-state index contributed by atoms with van der Waals surface area (Å²) in [5.41, 5.74) is 5.97. The molecule has 1 fully saturated rings. The zero-order valence-electron chi connectivity index (χ0n) is 11.7. The average molecular weight is 241 g/mol. The van der Waals surface area contributed by atoms with Crippen LogP contribution in [0.5, 0.6) is 0 Å². The highest BCUT2D eigenvalue weighted by Crippen LogP contribution is 2.30. The van der Waals surface area contributed by atoms with E-state index in [0.29, 0.717) is 11.3 Å². The molecule has 0 spiro atoms. The molecule has 0 radical (unpaired) electrons. The number of piperidine rings is 1. The first-order valence-corrected chi connectivity index (χ1v) is 6.47. The van der Waals surface area contributed by atoms with Crippen LogP contribution in [-0.2, 0) is 0 Å². The lowest BCUT2D eigenvalue weighted by molar-refractivity contribution is 0.124. The van der Waals surface area contributed by atoms with Gasteiger partial charge in [0.05, 0.1) is 0 Å². The second-order valence-electron chi connectivity index (χ2n) is 6.62. The zero-order chi connectivity index (χ0) is 13.1. The van der Waals surface area contributed by atoms with Crippen molar-refractivity contribution >= 4 is 5.84 Å².